The largest absolute Gasteiger partial charge is 0.314 e. The second-order valence-corrected chi connectivity index (χ2v) is 3.25. The molecule has 0 aliphatic rings. The Morgan fingerprint density at radius 2 is 2.00 bits per heavy atom. The standard InChI is InChI=1S/C9H18N2/c1-8(2)9(3)11-7-5-4-6-10/h8-9,11H,4-5,7H2,1-3H3. The first-order chi connectivity index (χ1) is 5.18. The summed E-state index contributed by atoms with van der Waals surface area (Å²) >= 11 is 0. The SMILES string of the molecule is CC(C)C(C)NCCCC#N. The van der Waals surface area contributed by atoms with Gasteiger partial charge < -0.3 is 5.32 Å². The van der Waals surface area contributed by atoms with E-state index in [0.717, 1.165) is 13.0 Å². The van der Waals surface area contributed by atoms with E-state index in [2.05, 4.69) is 32.2 Å². The fourth-order valence-electron chi connectivity index (χ4n) is 0.733. The third kappa shape index (κ3) is 5.87. The predicted molar refractivity (Wildman–Crippen MR) is 47.1 cm³/mol. The molecule has 0 aromatic heterocycles. The quantitative estimate of drug-likeness (QED) is 0.614. The van der Waals surface area contributed by atoms with Gasteiger partial charge in [-0.15, -0.1) is 0 Å². The summed E-state index contributed by atoms with van der Waals surface area (Å²) in [5.74, 6) is 0.678. The van der Waals surface area contributed by atoms with Gasteiger partial charge in [-0.25, -0.2) is 0 Å². The Morgan fingerprint density at radius 3 is 2.45 bits per heavy atom. The molecular weight excluding hydrogens is 136 g/mol. The van der Waals surface area contributed by atoms with E-state index < -0.39 is 0 Å². The van der Waals surface area contributed by atoms with E-state index in [0.29, 0.717) is 18.4 Å². The van der Waals surface area contributed by atoms with Gasteiger partial charge in [0.1, 0.15) is 0 Å². The molecule has 2 nitrogen and oxygen atoms in total. The average molecular weight is 154 g/mol. The van der Waals surface area contributed by atoms with Gasteiger partial charge >= 0.3 is 0 Å². The Labute approximate surface area is 69.6 Å². The maximum atomic E-state index is 8.26. The van der Waals surface area contributed by atoms with E-state index in [-0.39, 0.29) is 0 Å². The maximum absolute atomic E-state index is 8.26. The summed E-state index contributed by atoms with van der Waals surface area (Å²) in [6.45, 7) is 7.54. The van der Waals surface area contributed by atoms with Gasteiger partial charge in [0.05, 0.1) is 6.07 Å². The van der Waals surface area contributed by atoms with E-state index in [9.17, 15) is 0 Å². The lowest BCUT2D eigenvalue weighted by molar-refractivity contribution is 0.425. The lowest BCUT2D eigenvalue weighted by atomic mass is 10.1. The van der Waals surface area contributed by atoms with Crippen molar-refractivity contribution in [2.75, 3.05) is 6.54 Å². The Hall–Kier alpha value is -0.550. The van der Waals surface area contributed by atoms with Crippen LogP contribution in [0.5, 0.6) is 0 Å². The third-order valence-corrected chi connectivity index (χ3v) is 1.93. The fraction of sp³-hybridized carbons (Fsp3) is 0.889. The topological polar surface area (TPSA) is 35.8 Å². The molecule has 0 aromatic rings. The van der Waals surface area contributed by atoms with Gasteiger partial charge in [-0.1, -0.05) is 13.8 Å². The summed E-state index contributed by atoms with van der Waals surface area (Å²) in [6, 6.07) is 2.69. The second-order valence-electron chi connectivity index (χ2n) is 3.25. The highest BCUT2D eigenvalue weighted by molar-refractivity contribution is 4.70. The van der Waals surface area contributed by atoms with Crippen LogP contribution in [0.4, 0.5) is 0 Å². The number of hydrogen-bond acceptors (Lipinski definition) is 2. The molecule has 0 spiro atoms. The van der Waals surface area contributed by atoms with Crippen molar-refractivity contribution in [3.8, 4) is 6.07 Å². The van der Waals surface area contributed by atoms with E-state index in [1.54, 1.807) is 0 Å². The molecule has 0 saturated heterocycles. The van der Waals surface area contributed by atoms with Crippen molar-refractivity contribution < 1.29 is 0 Å². The van der Waals surface area contributed by atoms with Crippen LogP contribution in [0.1, 0.15) is 33.6 Å². The number of rotatable bonds is 5. The van der Waals surface area contributed by atoms with Gasteiger partial charge in [-0.05, 0) is 25.8 Å². The minimum atomic E-state index is 0.564. The third-order valence-electron chi connectivity index (χ3n) is 1.93. The molecule has 0 aliphatic carbocycles. The molecule has 0 heterocycles. The molecule has 1 unspecified atom stereocenters. The summed E-state index contributed by atoms with van der Waals surface area (Å²) in [6.07, 6.45) is 1.63. The predicted octanol–water partition coefficient (Wildman–Crippen LogP) is 1.92. The molecule has 0 saturated carbocycles. The summed E-state index contributed by atoms with van der Waals surface area (Å²) < 4.78 is 0. The Kier molecular flexibility index (Phi) is 5.87. The number of nitrogens with zero attached hydrogens (tertiary/aromatic N) is 1. The van der Waals surface area contributed by atoms with Gasteiger partial charge in [0, 0.05) is 12.5 Å². The molecule has 1 N–H and O–H groups in total. The summed E-state index contributed by atoms with van der Waals surface area (Å²) in [7, 11) is 0. The minimum Gasteiger partial charge on any atom is -0.314 e. The molecule has 0 fully saturated rings. The first kappa shape index (κ1) is 10.4. The van der Waals surface area contributed by atoms with Crippen LogP contribution in [0.3, 0.4) is 0 Å². The molecule has 0 bridgehead atoms. The molecule has 0 rings (SSSR count). The highest BCUT2D eigenvalue weighted by atomic mass is 14.9. The maximum Gasteiger partial charge on any atom is 0.0622 e. The van der Waals surface area contributed by atoms with Crippen LogP contribution < -0.4 is 5.32 Å². The zero-order valence-electron chi connectivity index (χ0n) is 7.72. The van der Waals surface area contributed by atoms with Gasteiger partial charge in [0.15, 0.2) is 0 Å². The number of nitriles is 1. The molecule has 0 amide bonds. The van der Waals surface area contributed by atoms with E-state index >= 15 is 0 Å². The van der Waals surface area contributed by atoms with Crippen molar-refractivity contribution in [1.82, 2.24) is 5.32 Å². The van der Waals surface area contributed by atoms with Crippen molar-refractivity contribution in [2.24, 2.45) is 5.92 Å². The highest BCUT2D eigenvalue weighted by Crippen LogP contribution is 1.99. The molecule has 2 heteroatoms. The molecule has 0 aliphatic heterocycles. The van der Waals surface area contributed by atoms with Gasteiger partial charge in [0.2, 0.25) is 0 Å². The summed E-state index contributed by atoms with van der Waals surface area (Å²) in [5.41, 5.74) is 0. The van der Waals surface area contributed by atoms with Crippen LogP contribution in [0.25, 0.3) is 0 Å². The van der Waals surface area contributed by atoms with E-state index in [4.69, 9.17) is 5.26 Å². The summed E-state index contributed by atoms with van der Waals surface area (Å²) in [4.78, 5) is 0. The molecule has 11 heavy (non-hydrogen) atoms. The molecule has 1 atom stereocenters. The monoisotopic (exact) mass is 154 g/mol. The van der Waals surface area contributed by atoms with Crippen molar-refractivity contribution in [3.63, 3.8) is 0 Å². The van der Waals surface area contributed by atoms with Gasteiger partial charge in [-0.2, -0.15) is 5.26 Å². The van der Waals surface area contributed by atoms with Crippen LogP contribution in [0, 0.1) is 17.2 Å². The lowest BCUT2D eigenvalue weighted by Gasteiger charge is -2.16. The smallest absolute Gasteiger partial charge is 0.0622 e. The number of nitrogens with one attached hydrogen (secondary N) is 1. The van der Waals surface area contributed by atoms with E-state index in [1.807, 2.05) is 0 Å². The van der Waals surface area contributed by atoms with Crippen LogP contribution in [-0.2, 0) is 0 Å². The molecule has 64 valence electrons. The molecule has 0 aromatic carbocycles. The first-order valence-corrected chi connectivity index (χ1v) is 4.28. The number of hydrogen-bond donors (Lipinski definition) is 1. The Morgan fingerprint density at radius 1 is 1.36 bits per heavy atom. The zero-order valence-corrected chi connectivity index (χ0v) is 7.72. The number of unbranched alkanes of at least 4 members (excludes halogenated alkanes) is 1. The van der Waals surface area contributed by atoms with Gasteiger partial charge in [-0.3, -0.25) is 0 Å². The lowest BCUT2D eigenvalue weighted by Crippen LogP contribution is -2.31. The minimum absolute atomic E-state index is 0.564. The van der Waals surface area contributed by atoms with Crippen molar-refractivity contribution in [3.05, 3.63) is 0 Å². The van der Waals surface area contributed by atoms with Crippen LogP contribution >= 0.6 is 0 Å². The van der Waals surface area contributed by atoms with Crippen molar-refractivity contribution >= 4 is 0 Å². The zero-order chi connectivity index (χ0) is 8.69. The second kappa shape index (κ2) is 6.18. The normalized spacial score (nSPS) is 13.0. The Balaban J connectivity index is 3.19. The average Bonchev–Trinajstić information content (AvgIpc) is 1.97. The highest BCUT2D eigenvalue weighted by Gasteiger charge is 2.03. The van der Waals surface area contributed by atoms with E-state index in [1.165, 1.54) is 0 Å². The van der Waals surface area contributed by atoms with Crippen molar-refractivity contribution in [2.45, 2.75) is 39.7 Å². The van der Waals surface area contributed by atoms with Crippen LogP contribution in [0.2, 0.25) is 0 Å². The first-order valence-electron chi connectivity index (χ1n) is 4.28. The van der Waals surface area contributed by atoms with Gasteiger partial charge in [0.25, 0.3) is 0 Å². The molecular formula is C9H18N2. The van der Waals surface area contributed by atoms with Crippen molar-refractivity contribution in [1.29, 1.82) is 5.26 Å². The van der Waals surface area contributed by atoms with Crippen LogP contribution in [-0.4, -0.2) is 12.6 Å². The molecule has 0 radical (unpaired) electrons. The Bertz CT molecular complexity index is 124. The van der Waals surface area contributed by atoms with Crippen LogP contribution in [0.15, 0.2) is 0 Å². The summed E-state index contributed by atoms with van der Waals surface area (Å²) in [5, 5.41) is 11.6. The fourth-order valence-corrected chi connectivity index (χ4v) is 0.733.